The molecule has 1 aromatic rings. The Morgan fingerprint density at radius 3 is 2.80 bits per heavy atom. The van der Waals surface area contributed by atoms with Gasteiger partial charge in [-0.1, -0.05) is 13.8 Å². The summed E-state index contributed by atoms with van der Waals surface area (Å²) in [6, 6.07) is 5.22. The summed E-state index contributed by atoms with van der Waals surface area (Å²) in [5.41, 5.74) is 2.16. The highest BCUT2D eigenvalue weighted by Gasteiger charge is 2.24. The standard InChI is InChI=1S/C18H28N2O4S/c1-14(2)13-24-11-5-9-19-18(21)16-7-8-17-15(12-16)6-4-10-20(17)25(3,22)23/h7-8,12,14H,4-6,9-11,13H2,1-3H3,(H,19,21). The number of hydrogen-bond acceptors (Lipinski definition) is 4. The maximum atomic E-state index is 12.3. The smallest absolute Gasteiger partial charge is 0.251 e. The largest absolute Gasteiger partial charge is 0.381 e. The van der Waals surface area contributed by atoms with E-state index in [1.807, 2.05) is 0 Å². The van der Waals surface area contributed by atoms with E-state index in [2.05, 4.69) is 19.2 Å². The average molecular weight is 368 g/mol. The van der Waals surface area contributed by atoms with E-state index in [4.69, 9.17) is 4.74 Å². The summed E-state index contributed by atoms with van der Waals surface area (Å²) in [6.45, 7) is 6.62. The molecule has 1 N–H and O–H groups in total. The van der Waals surface area contributed by atoms with Crippen LogP contribution in [0.4, 0.5) is 5.69 Å². The number of aryl methyl sites for hydroxylation is 1. The molecule has 0 aromatic heterocycles. The van der Waals surface area contributed by atoms with Crippen LogP contribution in [0, 0.1) is 5.92 Å². The molecule has 0 fully saturated rings. The Kier molecular flexibility index (Phi) is 6.84. The third-order valence-corrected chi connectivity index (χ3v) is 5.20. The molecule has 6 nitrogen and oxygen atoms in total. The topological polar surface area (TPSA) is 75.7 Å². The van der Waals surface area contributed by atoms with Gasteiger partial charge in [-0.2, -0.15) is 0 Å². The molecule has 140 valence electrons. The molecule has 0 bridgehead atoms. The van der Waals surface area contributed by atoms with Gasteiger partial charge in [-0.25, -0.2) is 8.42 Å². The number of anilines is 1. The quantitative estimate of drug-likeness (QED) is 0.714. The molecule has 0 spiro atoms. The van der Waals surface area contributed by atoms with Crippen molar-refractivity contribution >= 4 is 21.6 Å². The van der Waals surface area contributed by atoms with Crippen molar-refractivity contribution in [3.63, 3.8) is 0 Å². The lowest BCUT2D eigenvalue weighted by Gasteiger charge is -2.29. The first-order chi connectivity index (χ1) is 11.8. The van der Waals surface area contributed by atoms with Gasteiger partial charge in [-0.3, -0.25) is 9.10 Å². The fourth-order valence-electron chi connectivity index (χ4n) is 2.85. The summed E-state index contributed by atoms with van der Waals surface area (Å²) >= 11 is 0. The van der Waals surface area contributed by atoms with Gasteiger partial charge in [0.1, 0.15) is 0 Å². The monoisotopic (exact) mass is 368 g/mol. The van der Waals surface area contributed by atoms with Crippen molar-refractivity contribution < 1.29 is 17.9 Å². The van der Waals surface area contributed by atoms with Crippen LogP contribution < -0.4 is 9.62 Å². The zero-order valence-corrected chi connectivity index (χ0v) is 16.1. The molecule has 0 saturated carbocycles. The first-order valence-electron chi connectivity index (χ1n) is 8.75. The lowest BCUT2D eigenvalue weighted by atomic mass is 10.0. The van der Waals surface area contributed by atoms with Crippen molar-refractivity contribution in [3.8, 4) is 0 Å². The van der Waals surface area contributed by atoms with Gasteiger partial charge >= 0.3 is 0 Å². The normalized spacial score (nSPS) is 14.5. The molecule has 0 saturated heterocycles. The third-order valence-electron chi connectivity index (χ3n) is 4.02. The van der Waals surface area contributed by atoms with Crippen LogP contribution >= 0.6 is 0 Å². The maximum Gasteiger partial charge on any atom is 0.251 e. The SMILES string of the molecule is CC(C)COCCCNC(=O)c1ccc2c(c1)CCCN2S(C)(=O)=O. The Hall–Kier alpha value is -1.60. The fourth-order valence-corrected chi connectivity index (χ4v) is 3.84. The molecule has 0 radical (unpaired) electrons. The zero-order chi connectivity index (χ0) is 18.4. The average Bonchev–Trinajstić information content (AvgIpc) is 2.55. The molecule has 1 amide bonds. The van der Waals surface area contributed by atoms with E-state index in [1.165, 1.54) is 10.6 Å². The van der Waals surface area contributed by atoms with Crippen LogP contribution in [0.3, 0.4) is 0 Å². The molecule has 0 unspecified atom stereocenters. The van der Waals surface area contributed by atoms with Crippen LogP contribution in [0.15, 0.2) is 18.2 Å². The number of carbonyl (C=O) groups is 1. The minimum absolute atomic E-state index is 0.136. The molecular weight excluding hydrogens is 340 g/mol. The van der Waals surface area contributed by atoms with Gasteiger partial charge in [-0.05, 0) is 48.9 Å². The molecule has 1 aromatic carbocycles. The highest BCUT2D eigenvalue weighted by Crippen LogP contribution is 2.29. The van der Waals surface area contributed by atoms with Crippen molar-refractivity contribution in [2.24, 2.45) is 5.92 Å². The number of sulfonamides is 1. The molecule has 1 heterocycles. The summed E-state index contributed by atoms with van der Waals surface area (Å²) in [5.74, 6) is 0.375. The van der Waals surface area contributed by atoms with Crippen molar-refractivity contribution in [2.75, 3.05) is 36.9 Å². The van der Waals surface area contributed by atoms with Crippen LogP contribution in [0.25, 0.3) is 0 Å². The van der Waals surface area contributed by atoms with E-state index in [-0.39, 0.29) is 5.91 Å². The number of fused-ring (bicyclic) bond motifs is 1. The Balaban J connectivity index is 1.92. The van der Waals surface area contributed by atoms with Crippen LogP contribution in [0.1, 0.15) is 42.6 Å². The number of hydrogen-bond donors (Lipinski definition) is 1. The van der Waals surface area contributed by atoms with Crippen LogP contribution in [0.5, 0.6) is 0 Å². The highest BCUT2D eigenvalue weighted by molar-refractivity contribution is 7.92. The Morgan fingerprint density at radius 2 is 2.12 bits per heavy atom. The van der Waals surface area contributed by atoms with Gasteiger partial charge in [0, 0.05) is 31.9 Å². The van der Waals surface area contributed by atoms with Crippen LogP contribution in [-0.2, 0) is 21.2 Å². The van der Waals surface area contributed by atoms with Gasteiger partial charge in [-0.15, -0.1) is 0 Å². The molecule has 2 rings (SSSR count). The van der Waals surface area contributed by atoms with Gasteiger partial charge < -0.3 is 10.1 Å². The molecule has 7 heteroatoms. The first-order valence-corrected chi connectivity index (χ1v) is 10.6. The number of carbonyl (C=O) groups excluding carboxylic acids is 1. The summed E-state index contributed by atoms with van der Waals surface area (Å²) in [7, 11) is -3.28. The number of ether oxygens (including phenoxy) is 1. The second-order valence-corrected chi connectivity index (χ2v) is 8.77. The Morgan fingerprint density at radius 1 is 1.36 bits per heavy atom. The number of nitrogens with zero attached hydrogens (tertiary/aromatic N) is 1. The predicted octanol–water partition coefficient (Wildman–Crippen LogP) is 2.19. The van der Waals surface area contributed by atoms with E-state index in [0.717, 1.165) is 31.4 Å². The fraction of sp³-hybridized carbons (Fsp3) is 0.611. The first kappa shape index (κ1) is 19.7. The van der Waals surface area contributed by atoms with Crippen molar-refractivity contribution in [1.82, 2.24) is 5.32 Å². The summed E-state index contributed by atoms with van der Waals surface area (Å²) in [4.78, 5) is 12.3. The summed E-state index contributed by atoms with van der Waals surface area (Å²) in [5, 5.41) is 2.88. The number of rotatable bonds is 8. The second kappa shape index (κ2) is 8.67. The van der Waals surface area contributed by atoms with Crippen molar-refractivity contribution in [3.05, 3.63) is 29.3 Å². The van der Waals surface area contributed by atoms with Gasteiger partial charge in [0.05, 0.1) is 11.9 Å². The van der Waals surface area contributed by atoms with Gasteiger partial charge in [0.15, 0.2) is 0 Å². The van der Waals surface area contributed by atoms with E-state index >= 15 is 0 Å². The highest BCUT2D eigenvalue weighted by atomic mass is 32.2. The molecule has 1 aliphatic rings. The lowest BCUT2D eigenvalue weighted by Crippen LogP contribution is -2.34. The summed E-state index contributed by atoms with van der Waals surface area (Å²) < 4.78 is 30.6. The minimum Gasteiger partial charge on any atom is -0.381 e. The van der Waals surface area contributed by atoms with E-state index in [0.29, 0.717) is 36.9 Å². The molecule has 1 aliphatic heterocycles. The third kappa shape index (κ3) is 5.71. The maximum absolute atomic E-state index is 12.3. The van der Waals surface area contributed by atoms with Gasteiger partial charge in [0.2, 0.25) is 10.0 Å². The van der Waals surface area contributed by atoms with Gasteiger partial charge in [0.25, 0.3) is 5.91 Å². The Labute approximate surface area is 150 Å². The number of amides is 1. The molecule has 0 aliphatic carbocycles. The summed E-state index contributed by atoms with van der Waals surface area (Å²) in [6.07, 6.45) is 3.53. The molecule has 0 atom stereocenters. The zero-order valence-electron chi connectivity index (χ0n) is 15.2. The van der Waals surface area contributed by atoms with Crippen molar-refractivity contribution in [2.45, 2.75) is 33.1 Å². The lowest BCUT2D eigenvalue weighted by molar-refractivity contribution is 0.0925. The van der Waals surface area contributed by atoms with Crippen molar-refractivity contribution in [1.29, 1.82) is 0 Å². The molecule has 25 heavy (non-hydrogen) atoms. The van der Waals surface area contributed by atoms with E-state index < -0.39 is 10.0 Å². The van der Waals surface area contributed by atoms with Crippen LogP contribution in [-0.4, -0.2) is 46.9 Å². The Bertz CT molecular complexity index is 701. The number of benzene rings is 1. The minimum atomic E-state index is -3.28. The number of nitrogens with one attached hydrogen (secondary N) is 1. The predicted molar refractivity (Wildman–Crippen MR) is 99.6 cm³/mol. The van der Waals surface area contributed by atoms with E-state index in [9.17, 15) is 13.2 Å². The van der Waals surface area contributed by atoms with Crippen LogP contribution in [0.2, 0.25) is 0 Å². The second-order valence-electron chi connectivity index (χ2n) is 6.86. The van der Waals surface area contributed by atoms with E-state index in [1.54, 1.807) is 18.2 Å². The molecular formula is C18H28N2O4S.